The lowest BCUT2D eigenvalue weighted by Gasteiger charge is -2.08. The molecule has 0 aliphatic carbocycles. The van der Waals surface area contributed by atoms with Gasteiger partial charge in [0, 0.05) is 11.3 Å². The van der Waals surface area contributed by atoms with Crippen LogP contribution in [0, 0.1) is 13.8 Å². The molecule has 0 bridgehead atoms. The number of anilines is 1. The summed E-state index contributed by atoms with van der Waals surface area (Å²) in [7, 11) is 0. The van der Waals surface area contributed by atoms with E-state index in [1.54, 1.807) is 36.4 Å². The van der Waals surface area contributed by atoms with Crippen LogP contribution in [0.15, 0.2) is 58.0 Å². The summed E-state index contributed by atoms with van der Waals surface area (Å²) in [5.74, 6) is -0.754. The van der Waals surface area contributed by atoms with Gasteiger partial charge in [-0.15, -0.1) is 0 Å². The van der Waals surface area contributed by atoms with Gasteiger partial charge in [0.25, 0.3) is 0 Å². The number of rotatable bonds is 4. The van der Waals surface area contributed by atoms with E-state index in [4.69, 9.17) is 27.6 Å². The van der Waals surface area contributed by atoms with E-state index in [1.165, 1.54) is 6.21 Å². The van der Waals surface area contributed by atoms with Crippen LogP contribution in [0.4, 0.5) is 5.69 Å². The third-order valence-electron chi connectivity index (χ3n) is 4.04. The molecule has 148 valence electrons. The van der Waals surface area contributed by atoms with Crippen molar-refractivity contribution in [3.8, 4) is 11.3 Å². The number of hydrogen-bond donors (Lipinski definition) is 2. The third-order valence-corrected chi connectivity index (χ3v) is 4.78. The Kier molecular flexibility index (Phi) is 6.36. The summed E-state index contributed by atoms with van der Waals surface area (Å²) in [6.07, 6.45) is 1.30. The van der Waals surface area contributed by atoms with Gasteiger partial charge in [-0.3, -0.25) is 9.59 Å². The zero-order chi connectivity index (χ0) is 21.0. The Labute approximate surface area is 177 Å². The Hall–Kier alpha value is -3.09. The van der Waals surface area contributed by atoms with Crippen LogP contribution in [0.3, 0.4) is 0 Å². The maximum atomic E-state index is 12.0. The molecular weight excluding hydrogens is 413 g/mol. The van der Waals surface area contributed by atoms with Crippen molar-refractivity contribution in [3.63, 3.8) is 0 Å². The van der Waals surface area contributed by atoms with Gasteiger partial charge < -0.3 is 9.73 Å². The molecule has 0 aliphatic heterocycles. The van der Waals surface area contributed by atoms with E-state index in [0.717, 1.165) is 16.7 Å². The third kappa shape index (κ3) is 5.25. The van der Waals surface area contributed by atoms with Crippen molar-refractivity contribution in [1.29, 1.82) is 0 Å². The normalized spacial score (nSPS) is 10.9. The van der Waals surface area contributed by atoms with Gasteiger partial charge in [0.2, 0.25) is 0 Å². The second-order valence-electron chi connectivity index (χ2n) is 6.30. The quantitative estimate of drug-likeness (QED) is 0.349. The van der Waals surface area contributed by atoms with Crippen molar-refractivity contribution in [2.45, 2.75) is 13.8 Å². The summed E-state index contributed by atoms with van der Waals surface area (Å²) in [5.41, 5.74) is 5.32. The van der Waals surface area contributed by atoms with Crippen molar-refractivity contribution in [2.75, 3.05) is 5.32 Å². The van der Waals surface area contributed by atoms with E-state index in [9.17, 15) is 9.59 Å². The highest BCUT2D eigenvalue weighted by atomic mass is 35.5. The second-order valence-corrected chi connectivity index (χ2v) is 7.12. The van der Waals surface area contributed by atoms with E-state index in [-0.39, 0.29) is 0 Å². The first kappa shape index (κ1) is 20.6. The minimum absolute atomic E-state index is 0.390. The van der Waals surface area contributed by atoms with Crippen LogP contribution in [0.1, 0.15) is 16.9 Å². The zero-order valence-electron chi connectivity index (χ0n) is 15.6. The number of furan rings is 1. The molecule has 29 heavy (non-hydrogen) atoms. The van der Waals surface area contributed by atoms with Crippen LogP contribution in [0.5, 0.6) is 0 Å². The molecule has 0 unspecified atom stereocenters. The van der Waals surface area contributed by atoms with E-state index < -0.39 is 11.8 Å². The van der Waals surface area contributed by atoms with Crippen molar-refractivity contribution >= 4 is 46.9 Å². The number of carbonyl (C=O) groups is 2. The van der Waals surface area contributed by atoms with E-state index >= 15 is 0 Å². The molecule has 6 nitrogen and oxygen atoms in total. The molecule has 1 heterocycles. The first-order valence-corrected chi connectivity index (χ1v) is 9.36. The molecular formula is C21H17Cl2N3O3. The predicted molar refractivity (Wildman–Crippen MR) is 114 cm³/mol. The molecule has 2 N–H and O–H groups in total. The molecule has 3 aromatic rings. The molecule has 0 radical (unpaired) electrons. The summed E-state index contributed by atoms with van der Waals surface area (Å²) in [4.78, 5) is 24.0. The average Bonchev–Trinajstić information content (AvgIpc) is 3.15. The monoisotopic (exact) mass is 429 g/mol. The number of halogens is 2. The molecule has 0 atom stereocenters. The Morgan fingerprint density at radius 3 is 2.52 bits per heavy atom. The summed E-state index contributed by atoms with van der Waals surface area (Å²) in [6.45, 7) is 3.74. The van der Waals surface area contributed by atoms with Gasteiger partial charge in [0.05, 0.1) is 16.3 Å². The number of amides is 2. The summed E-state index contributed by atoms with van der Waals surface area (Å²) in [6, 6.07) is 14.1. The second kappa shape index (κ2) is 8.94. The maximum Gasteiger partial charge on any atom is 0.329 e. The number of nitrogens with one attached hydrogen (secondary N) is 2. The fourth-order valence-electron chi connectivity index (χ4n) is 2.48. The van der Waals surface area contributed by atoms with E-state index in [2.05, 4.69) is 15.8 Å². The van der Waals surface area contributed by atoms with Crippen LogP contribution >= 0.6 is 23.2 Å². The Bertz CT molecular complexity index is 1110. The van der Waals surface area contributed by atoms with Gasteiger partial charge in [-0.1, -0.05) is 35.3 Å². The van der Waals surface area contributed by atoms with E-state index in [0.29, 0.717) is 27.3 Å². The number of carbonyl (C=O) groups excluding carboxylic acids is 2. The zero-order valence-corrected chi connectivity index (χ0v) is 17.1. The molecule has 1 aromatic heterocycles. The van der Waals surface area contributed by atoms with Crippen LogP contribution in [-0.4, -0.2) is 18.0 Å². The van der Waals surface area contributed by atoms with Gasteiger partial charge in [0.1, 0.15) is 11.5 Å². The topological polar surface area (TPSA) is 83.7 Å². The van der Waals surface area contributed by atoms with Gasteiger partial charge in [-0.05, 0) is 61.4 Å². The summed E-state index contributed by atoms with van der Waals surface area (Å²) >= 11 is 11.9. The lowest BCUT2D eigenvalue weighted by molar-refractivity contribution is -0.136. The highest BCUT2D eigenvalue weighted by Gasteiger charge is 2.14. The molecule has 2 amide bonds. The minimum Gasteiger partial charge on any atom is -0.455 e. The van der Waals surface area contributed by atoms with Gasteiger partial charge in [-0.2, -0.15) is 5.10 Å². The summed E-state index contributed by atoms with van der Waals surface area (Å²) in [5, 5.41) is 7.18. The largest absolute Gasteiger partial charge is 0.455 e. The number of hydrazone groups is 1. The van der Waals surface area contributed by atoms with Gasteiger partial charge in [-0.25, -0.2) is 5.43 Å². The highest BCUT2D eigenvalue weighted by molar-refractivity contribution is 6.42. The molecule has 0 saturated heterocycles. The molecule has 0 saturated carbocycles. The SMILES string of the molecule is Cc1ccc(C)c(NC(=O)C(=O)N/N=C/c2ccc(-c3ccc(Cl)c(Cl)c3)o2)c1. The Balaban J connectivity index is 1.60. The maximum absolute atomic E-state index is 12.0. The standard InChI is InChI=1S/C21H17Cl2N3O3/c1-12-3-4-13(2)18(9-12)25-20(27)21(28)26-24-11-15-6-8-19(29-15)14-5-7-16(22)17(23)10-14/h3-11H,1-2H3,(H,25,27)(H,26,28)/b24-11+. The number of aryl methyl sites for hydroxylation is 2. The van der Waals surface area contributed by atoms with Gasteiger partial charge in [0.15, 0.2) is 0 Å². The molecule has 0 spiro atoms. The minimum atomic E-state index is -0.890. The fourth-order valence-corrected chi connectivity index (χ4v) is 2.78. The van der Waals surface area contributed by atoms with E-state index in [1.807, 2.05) is 26.0 Å². The highest BCUT2D eigenvalue weighted by Crippen LogP contribution is 2.29. The van der Waals surface area contributed by atoms with Crippen molar-refractivity contribution < 1.29 is 14.0 Å². The van der Waals surface area contributed by atoms with Crippen LogP contribution in [0.25, 0.3) is 11.3 Å². The smallest absolute Gasteiger partial charge is 0.329 e. The Morgan fingerprint density at radius 2 is 1.76 bits per heavy atom. The van der Waals surface area contributed by atoms with Crippen LogP contribution < -0.4 is 10.7 Å². The van der Waals surface area contributed by atoms with Gasteiger partial charge >= 0.3 is 11.8 Å². The number of benzene rings is 2. The van der Waals surface area contributed by atoms with Crippen LogP contribution in [-0.2, 0) is 9.59 Å². The predicted octanol–water partition coefficient (Wildman–Crippen LogP) is 4.96. The molecule has 8 heteroatoms. The average molecular weight is 430 g/mol. The number of nitrogens with zero attached hydrogens (tertiary/aromatic N) is 1. The van der Waals surface area contributed by atoms with Crippen molar-refractivity contribution in [2.24, 2.45) is 5.10 Å². The fraction of sp³-hybridized carbons (Fsp3) is 0.0952. The van der Waals surface area contributed by atoms with Crippen molar-refractivity contribution in [1.82, 2.24) is 5.43 Å². The lowest BCUT2D eigenvalue weighted by Crippen LogP contribution is -2.32. The first-order valence-electron chi connectivity index (χ1n) is 8.60. The molecule has 0 aliphatic rings. The Morgan fingerprint density at radius 1 is 0.966 bits per heavy atom. The first-order chi connectivity index (χ1) is 13.8. The molecule has 2 aromatic carbocycles. The number of hydrogen-bond acceptors (Lipinski definition) is 4. The molecule has 3 rings (SSSR count). The van der Waals surface area contributed by atoms with Crippen molar-refractivity contribution in [3.05, 3.63) is 75.5 Å². The van der Waals surface area contributed by atoms with Crippen LogP contribution in [0.2, 0.25) is 10.0 Å². The molecule has 0 fully saturated rings. The lowest BCUT2D eigenvalue weighted by atomic mass is 10.1. The summed E-state index contributed by atoms with van der Waals surface area (Å²) < 4.78 is 5.63.